The normalized spacial score (nSPS) is 29.5. The lowest BCUT2D eigenvalue weighted by atomic mass is 9.80. The molecule has 8 heteroatoms. The average Bonchev–Trinajstić information content (AvgIpc) is 3.09. The zero-order valence-electron chi connectivity index (χ0n) is 15.4. The number of fused-ring (bicyclic) bond motifs is 1. The van der Waals surface area contributed by atoms with Crippen LogP contribution in [-0.4, -0.2) is 70.4 Å². The van der Waals surface area contributed by atoms with Crippen molar-refractivity contribution in [3.8, 4) is 5.75 Å². The van der Waals surface area contributed by atoms with Crippen LogP contribution >= 0.6 is 11.8 Å². The summed E-state index contributed by atoms with van der Waals surface area (Å²) in [5.74, 6) is 0.274. The number of thioether (sulfide) groups is 1. The largest absolute Gasteiger partial charge is 0.497 e. The molecule has 1 aromatic rings. The molecule has 0 saturated heterocycles. The van der Waals surface area contributed by atoms with E-state index in [1.54, 1.807) is 25.1 Å². The summed E-state index contributed by atoms with van der Waals surface area (Å²) in [5, 5.41) is 24.3. The first-order valence-electron chi connectivity index (χ1n) is 8.82. The summed E-state index contributed by atoms with van der Waals surface area (Å²) in [6.07, 6.45) is -0.0622. The van der Waals surface area contributed by atoms with Gasteiger partial charge < -0.3 is 25.2 Å². The van der Waals surface area contributed by atoms with Crippen molar-refractivity contribution in [1.29, 1.82) is 0 Å². The van der Waals surface area contributed by atoms with Gasteiger partial charge in [0.1, 0.15) is 11.9 Å². The summed E-state index contributed by atoms with van der Waals surface area (Å²) >= 11 is 1.44. The van der Waals surface area contributed by atoms with E-state index in [9.17, 15) is 15.0 Å². The Labute approximate surface area is 163 Å². The highest BCUT2D eigenvalue weighted by Gasteiger charge is 2.50. The fraction of sp³-hybridized carbons (Fsp3) is 0.474. The molecule has 0 spiro atoms. The molecule has 146 valence electrons. The zero-order chi connectivity index (χ0) is 19.6. The Kier molecular flexibility index (Phi) is 6.08. The van der Waals surface area contributed by atoms with Crippen LogP contribution in [0.15, 0.2) is 41.9 Å². The minimum atomic E-state index is -0.980. The van der Waals surface area contributed by atoms with Gasteiger partial charge in [-0.2, -0.15) is 0 Å². The molecule has 0 aromatic heterocycles. The van der Waals surface area contributed by atoms with Crippen molar-refractivity contribution in [3.63, 3.8) is 0 Å². The number of benzene rings is 1. The standard InChI is InChI=1S/C19H25N3O4S/c1-4-9-22(2)18(25)13-10-14(23)16(24)15-17(13)27-19(21-15)20-11-5-7-12(26-3)8-6-11/h4-8,13-17,23-24H,1,9-10H2,2-3H3,(H,20,21)/t13-,14-,15-,16+,17-/m1/s1. The minimum absolute atomic E-state index is 0.0655. The van der Waals surface area contributed by atoms with Crippen molar-refractivity contribution >= 4 is 28.5 Å². The lowest BCUT2D eigenvalue weighted by Crippen LogP contribution is -2.54. The van der Waals surface area contributed by atoms with E-state index in [4.69, 9.17) is 4.74 Å². The van der Waals surface area contributed by atoms with Crippen LogP contribution < -0.4 is 10.1 Å². The van der Waals surface area contributed by atoms with Gasteiger partial charge in [-0.05, 0) is 30.7 Å². The summed E-state index contributed by atoms with van der Waals surface area (Å²) in [6.45, 7) is 4.10. The monoisotopic (exact) mass is 391 g/mol. The Morgan fingerprint density at radius 2 is 2.15 bits per heavy atom. The van der Waals surface area contributed by atoms with Crippen LogP contribution in [0.4, 0.5) is 5.69 Å². The van der Waals surface area contributed by atoms with Crippen molar-refractivity contribution in [2.75, 3.05) is 26.0 Å². The van der Waals surface area contributed by atoms with Gasteiger partial charge in [-0.15, -0.1) is 6.58 Å². The van der Waals surface area contributed by atoms with Gasteiger partial charge in [-0.1, -0.05) is 17.8 Å². The number of ether oxygens (including phenoxy) is 1. The number of amidine groups is 1. The Bertz CT molecular complexity index is 724. The molecule has 1 aliphatic heterocycles. The lowest BCUT2D eigenvalue weighted by molar-refractivity contribution is -0.138. The van der Waals surface area contributed by atoms with Crippen LogP contribution in [0.5, 0.6) is 5.75 Å². The van der Waals surface area contributed by atoms with Crippen molar-refractivity contribution in [3.05, 3.63) is 36.9 Å². The number of nitrogens with one attached hydrogen (secondary N) is 1. The Balaban J connectivity index is 1.75. The second-order valence-electron chi connectivity index (χ2n) is 6.77. The van der Waals surface area contributed by atoms with E-state index >= 15 is 0 Å². The molecule has 3 N–H and O–H groups in total. The molecule has 1 aromatic carbocycles. The smallest absolute Gasteiger partial charge is 0.227 e. The van der Waals surface area contributed by atoms with Crippen molar-refractivity contribution in [2.24, 2.45) is 10.9 Å². The predicted octanol–water partition coefficient (Wildman–Crippen LogP) is 1.33. The van der Waals surface area contributed by atoms with E-state index in [2.05, 4.69) is 16.9 Å². The molecule has 1 aliphatic carbocycles. The van der Waals surface area contributed by atoms with Crippen LogP contribution in [0.1, 0.15) is 6.42 Å². The van der Waals surface area contributed by atoms with Crippen LogP contribution in [0.25, 0.3) is 0 Å². The molecule has 1 heterocycles. The molecule has 27 heavy (non-hydrogen) atoms. The molecule has 5 atom stereocenters. The summed E-state index contributed by atoms with van der Waals surface area (Å²) in [5.41, 5.74) is 0.836. The number of hydrogen-bond donors (Lipinski definition) is 3. The summed E-state index contributed by atoms with van der Waals surface area (Å²) < 4.78 is 5.15. The average molecular weight is 391 g/mol. The minimum Gasteiger partial charge on any atom is -0.497 e. The van der Waals surface area contributed by atoms with Gasteiger partial charge in [0, 0.05) is 24.5 Å². The van der Waals surface area contributed by atoms with E-state index in [0.717, 1.165) is 11.4 Å². The number of aliphatic hydroxyl groups excluding tert-OH is 2. The van der Waals surface area contributed by atoms with E-state index in [0.29, 0.717) is 11.7 Å². The SMILES string of the molecule is C=CCN(C)C(=O)[C@@H]1C[C@@H](O)[C@H](O)[C@H]2N=C(Nc3ccc(OC)cc3)S[C@@H]21. The van der Waals surface area contributed by atoms with Gasteiger partial charge in [0.05, 0.1) is 25.2 Å². The van der Waals surface area contributed by atoms with E-state index < -0.39 is 24.2 Å². The number of carbonyl (C=O) groups excluding carboxylic acids is 1. The fourth-order valence-corrected chi connectivity index (χ4v) is 4.83. The topological polar surface area (TPSA) is 94.4 Å². The Morgan fingerprint density at radius 1 is 1.44 bits per heavy atom. The number of aliphatic imine (C=N–C) groups is 1. The van der Waals surface area contributed by atoms with Gasteiger partial charge in [0.25, 0.3) is 0 Å². The molecule has 1 fully saturated rings. The number of carbonyl (C=O) groups is 1. The van der Waals surface area contributed by atoms with Crippen LogP contribution in [0.3, 0.4) is 0 Å². The first kappa shape index (κ1) is 19.7. The van der Waals surface area contributed by atoms with Gasteiger partial charge in [-0.25, -0.2) is 0 Å². The molecule has 2 aliphatic rings. The number of likely N-dealkylation sites (N-methyl/N-ethyl adjacent to an activating group) is 1. The number of nitrogens with zero attached hydrogens (tertiary/aromatic N) is 2. The highest BCUT2D eigenvalue weighted by Crippen LogP contribution is 2.42. The number of rotatable bonds is 5. The van der Waals surface area contributed by atoms with Crippen LogP contribution in [-0.2, 0) is 4.79 Å². The van der Waals surface area contributed by atoms with Gasteiger partial charge in [0.15, 0.2) is 5.17 Å². The van der Waals surface area contributed by atoms with Crippen molar-refractivity contribution in [1.82, 2.24) is 4.90 Å². The molecule has 0 radical (unpaired) electrons. The number of hydrogen-bond acceptors (Lipinski definition) is 7. The highest BCUT2D eigenvalue weighted by molar-refractivity contribution is 8.15. The first-order chi connectivity index (χ1) is 12.9. The number of aliphatic hydroxyl groups is 2. The maximum absolute atomic E-state index is 12.8. The molecule has 0 unspecified atom stereocenters. The third kappa shape index (κ3) is 4.12. The highest BCUT2D eigenvalue weighted by atomic mass is 32.2. The molecule has 1 saturated carbocycles. The maximum atomic E-state index is 12.8. The summed E-state index contributed by atoms with van der Waals surface area (Å²) in [7, 11) is 3.32. The third-order valence-corrected chi connectivity index (χ3v) is 6.23. The Morgan fingerprint density at radius 3 is 2.78 bits per heavy atom. The van der Waals surface area contributed by atoms with Crippen molar-refractivity contribution < 1.29 is 19.7 Å². The second-order valence-corrected chi connectivity index (χ2v) is 7.94. The molecule has 0 bridgehead atoms. The number of methoxy groups -OCH3 is 1. The van der Waals surface area contributed by atoms with E-state index in [1.807, 2.05) is 24.3 Å². The number of anilines is 1. The maximum Gasteiger partial charge on any atom is 0.227 e. The first-order valence-corrected chi connectivity index (χ1v) is 9.70. The molecule has 3 rings (SSSR count). The lowest BCUT2D eigenvalue weighted by Gasteiger charge is -2.38. The van der Waals surface area contributed by atoms with Gasteiger partial charge in [-0.3, -0.25) is 9.79 Å². The molecular weight excluding hydrogens is 366 g/mol. The van der Waals surface area contributed by atoms with E-state index in [-0.39, 0.29) is 17.6 Å². The van der Waals surface area contributed by atoms with E-state index in [1.165, 1.54) is 11.8 Å². The molecule has 1 amide bonds. The third-order valence-electron chi connectivity index (χ3n) is 4.92. The predicted molar refractivity (Wildman–Crippen MR) is 107 cm³/mol. The van der Waals surface area contributed by atoms with Gasteiger partial charge in [0.2, 0.25) is 5.91 Å². The summed E-state index contributed by atoms with van der Waals surface area (Å²) in [4.78, 5) is 19.0. The second kappa shape index (κ2) is 8.33. The quantitative estimate of drug-likeness (QED) is 0.656. The fourth-order valence-electron chi connectivity index (χ4n) is 3.46. The molecule has 7 nitrogen and oxygen atoms in total. The molecular formula is C19H25N3O4S. The van der Waals surface area contributed by atoms with Crippen molar-refractivity contribution in [2.45, 2.75) is 29.9 Å². The number of amides is 1. The van der Waals surface area contributed by atoms with Crippen LogP contribution in [0.2, 0.25) is 0 Å². The Hall–Kier alpha value is -2.03. The summed E-state index contributed by atoms with van der Waals surface area (Å²) in [6, 6.07) is 6.89. The zero-order valence-corrected chi connectivity index (χ0v) is 16.2. The van der Waals surface area contributed by atoms with Crippen LogP contribution in [0, 0.1) is 5.92 Å². The van der Waals surface area contributed by atoms with Gasteiger partial charge >= 0.3 is 0 Å².